The van der Waals surface area contributed by atoms with E-state index in [2.05, 4.69) is 22.8 Å². The van der Waals surface area contributed by atoms with Crippen LogP contribution in [-0.2, 0) is 12.0 Å². The van der Waals surface area contributed by atoms with E-state index in [0.29, 0.717) is 0 Å². The number of nitrogens with one attached hydrogen (secondary N) is 1. The lowest BCUT2D eigenvalue weighted by atomic mass is 9.92. The molecule has 100 valence electrons. The second-order valence-electron chi connectivity index (χ2n) is 4.97. The largest absolute Gasteiger partial charge is 0.497 e. The number of thiazole rings is 1. The van der Waals surface area contributed by atoms with E-state index in [1.165, 1.54) is 11.1 Å². The van der Waals surface area contributed by atoms with Crippen LogP contribution in [0.15, 0.2) is 23.6 Å². The summed E-state index contributed by atoms with van der Waals surface area (Å²) in [7, 11) is 3.73. The van der Waals surface area contributed by atoms with Crippen LogP contribution < -0.4 is 10.1 Å². The third-order valence-corrected chi connectivity index (χ3v) is 5.08. The molecule has 2 aromatic rings. The second-order valence-corrected chi connectivity index (χ2v) is 5.83. The van der Waals surface area contributed by atoms with Crippen molar-refractivity contribution in [2.75, 3.05) is 14.2 Å². The fraction of sp³-hybridized carbons (Fsp3) is 0.400. The third kappa shape index (κ3) is 1.86. The zero-order valence-corrected chi connectivity index (χ0v) is 12.3. The smallest absolute Gasteiger partial charge is 0.119 e. The minimum absolute atomic E-state index is 0.150. The van der Waals surface area contributed by atoms with Gasteiger partial charge in [0, 0.05) is 11.1 Å². The monoisotopic (exact) mass is 274 g/mol. The Bertz CT molecular complexity index is 608. The van der Waals surface area contributed by atoms with Crippen molar-refractivity contribution in [3.05, 3.63) is 45.4 Å². The Balaban J connectivity index is 2.16. The van der Waals surface area contributed by atoms with Crippen LogP contribution in [0.2, 0.25) is 0 Å². The number of aromatic nitrogens is 1. The zero-order valence-electron chi connectivity index (χ0n) is 11.5. The Morgan fingerprint density at radius 2 is 2.26 bits per heavy atom. The van der Waals surface area contributed by atoms with Gasteiger partial charge in [-0.3, -0.25) is 0 Å². The van der Waals surface area contributed by atoms with Crippen LogP contribution >= 0.6 is 11.3 Å². The number of ether oxygens (including phenoxy) is 1. The SMILES string of the molecule is CNC1(c2nc(C)cs2)CCc2ccc(OC)cc21. The van der Waals surface area contributed by atoms with E-state index >= 15 is 0 Å². The molecule has 1 unspecified atom stereocenters. The van der Waals surface area contributed by atoms with Crippen molar-refractivity contribution in [1.82, 2.24) is 10.3 Å². The van der Waals surface area contributed by atoms with E-state index in [1.807, 2.05) is 20.0 Å². The van der Waals surface area contributed by atoms with Crippen LogP contribution in [0.4, 0.5) is 0 Å². The molecule has 0 fully saturated rings. The molecule has 1 aliphatic carbocycles. The van der Waals surface area contributed by atoms with Crippen LogP contribution in [0.1, 0.15) is 28.2 Å². The molecular formula is C15H18N2OS. The van der Waals surface area contributed by atoms with Gasteiger partial charge in [-0.15, -0.1) is 11.3 Å². The van der Waals surface area contributed by atoms with E-state index in [4.69, 9.17) is 9.72 Å². The van der Waals surface area contributed by atoms with Crippen LogP contribution in [0.25, 0.3) is 0 Å². The molecular weight excluding hydrogens is 256 g/mol. The highest BCUT2D eigenvalue weighted by molar-refractivity contribution is 7.09. The van der Waals surface area contributed by atoms with Gasteiger partial charge in [-0.25, -0.2) is 4.98 Å². The third-order valence-electron chi connectivity index (χ3n) is 3.96. The molecule has 0 spiro atoms. The van der Waals surface area contributed by atoms with Gasteiger partial charge in [-0.2, -0.15) is 0 Å². The average Bonchev–Trinajstić information content (AvgIpc) is 3.02. The number of aryl methyl sites for hydroxylation is 2. The Morgan fingerprint density at radius 1 is 1.42 bits per heavy atom. The Morgan fingerprint density at radius 3 is 2.89 bits per heavy atom. The van der Waals surface area contributed by atoms with Crippen molar-refractivity contribution in [2.24, 2.45) is 0 Å². The van der Waals surface area contributed by atoms with Crippen LogP contribution in [0, 0.1) is 6.92 Å². The van der Waals surface area contributed by atoms with Gasteiger partial charge in [0.15, 0.2) is 0 Å². The number of fused-ring (bicyclic) bond motifs is 1. The number of hydrogen-bond donors (Lipinski definition) is 1. The summed E-state index contributed by atoms with van der Waals surface area (Å²) >= 11 is 1.73. The Kier molecular flexibility index (Phi) is 3.07. The molecule has 1 aromatic carbocycles. The predicted molar refractivity (Wildman–Crippen MR) is 78.0 cm³/mol. The lowest BCUT2D eigenvalue weighted by molar-refractivity contribution is 0.407. The van der Waals surface area contributed by atoms with E-state index in [1.54, 1.807) is 18.4 Å². The summed E-state index contributed by atoms with van der Waals surface area (Å²) in [6.07, 6.45) is 2.14. The molecule has 0 aliphatic heterocycles. The molecule has 0 saturated heterocycles. The minimum Gasteiger partial charge on any atom is -0.497 e. The average molecular weight is 274 g/mol. The highest BCUT2D eigenvalue weighted by atomic mass is 32.1. The summed E-state index contributed by atoms with van der Waals surface area (Å²) in [5.74, 6) is 0.911. The van der Waals surface area contributed by atoms with Gasteiger partial charge in [0.05, 0.1) is 12.6 Å². The van der Waals surface area contributed by atoms with Gasteiger partial charge in [0.25, 0.3) is 0 Å². The maximum Gasteiger partial charge on any atom is 0.119 e. The second kappa shape index (κ2) is 4.62. The fourth-order valence-electron chi connectivity index (χ4n) is 2.89. The van der Waals surface area contributed by atoms with Crippen LogP contribution in [0.5, 0.6) is 5.75 Å². The van der Waals surface area contributed by atoms with Crippen LogP contribution in [0.3, 0.4) is 0 Å². The molecule has 19 heavy (non-hydrogen) atoms. The maximum absolute atomic E-state index is 5.37. The summed E-state index contributed by atoms with van der Waals surface area (Å²) in [5.41, 5.74) is 3.64. The molecule has 0 bridgehead atoms. The Hall–Kier alpha value is -1.39. The molecule has 1 N–H and O–H groups in total. The molecule has 0 amide bonds. The Labute approximate surface area is 117 Å². The van der Waals surface area contributed by atoms with Gasteiger partial charge >= 0.3 is 0 Å². The number of benzene rings is 1. The van der Waals surface area contributed by atoms with Crippen molar-refractivity contribution in [3.63, 3.8) is 0 Å². The topological polar surface area (TPSA) is 34.2 Å². The molecule has 1 atom stereocenters. The van der Waals surface area contributed by atoms with Crippen LogP contribution in [-0.4, -0.2) is 19.1 Å². The summed E-state index contributed by atoms with van der Waals surface area (Å²) in [5, 5.41) is 6.78. The lowest BCUT2D eigenvalue weighted by Crippen LogP contribution is -2.38. The summed E-state index contributed by atoms with van der Waals surface area (Å²) < 4.78 is 5.37. The first-order valence-electron chi connectivity index (χ1n) is 6.48. The van der Waals surface area contributed by atoms with Gasteiger partial charge in [-0.05, 0) is 50.1 Å². The number of methoxy groups -OCH3 is 1. The molecule has 4 heteroatoms. The predicted octanol–water partition coefficient (Wildman–Crippen LogP) is 2.87. The van der Waals surface area contributed by atoms with Gasteiger partial charge in [0.2, 0.25) is 0 Å². The van der Waals surface area contributed by atoms with Crippen molar-refractivity contribution >= 4 is 11.3 Å². The standard InChI is InChI=1S/C15H18N2OS/c1-10-9-19-14(17-10)15(16-2)7-6-11-4-5-12(18-3)8-13(11)15/h4-5,8-9,16H,6-7H2,1-3H3. The van der Waals surface area contributed by atoms with E-state index < -0.39 is 0 Å². The van der Waals surface area contributed by atoms with Crippen molar-refractivity contribution in [3.8, 4) is 5.75 Å². The number of hydrogen-bond acceptors (Lipinski definition) is 4. The van der Waals surface area contributed by atoms with Gasteiger partial charge in [0.1, 0.15) is 10.8 Å². The number of nitrogens with zero attached hydrogens (tertiary/aromatic N) is 1. The maximum atomic E-state index is 5.37. The quantitative estimate of drug-likeness (QED) is 0.934. The number of rotatable bonds is 3. The molecule has 0 saturated carbocycles. The minimum atomic E-state index is -0.150. The zero-order chi connectivity index (χ0) is 13.5. The molecule has 3 nitrogen and oxygen atoms in total. The van der Waals surface area contributed by atoms with Gasteiger partial charge in [-0.1, -0.05) is 6.07 Å². The molecule has 3 rings (SSSR count). The highest BCUT2D eigenvalue weighted by Crippen LogP contribution is 2.44. The lowest BCUT2D eigenvalue weighted by Gasteiger charge is -2.28. The van der Waals surface area contributed by atoms with E-state index in [0.717, 1.165) is 29.3 Å². The first-order chi connectivity index (χ1) is 9.19. The molecule has 0 radical (unpaired) electrons. The molecule has 1 aromatic heterocycles. The van der Waals surface area contributed by atoms with Crippen molar-refractivity contribution in [2.45, 2.75) is 25.3 Å². The van der Waals surface area contributed by atoms with Crippen molar-refractivity contribution in [1.29, 1.82) is 0 Å². The normalized spacial score (nSPS) is 21.4. The van der Waals surface area contributed by atoms with Crippen molar-refractivity contribution < 1.29 is 4.74 Å². The highest BCUT2D eigenvalue weighted by Gasteiger charge is 2.41. The fourth-order valence-corrected chi connectivity index (χ4v) is 3.94. The van der Waals surface area contributed by atoms with E-state index in [-0.39, 0.29) is 5.54 Å². The van der Waals surface area contributed by atoms with E-state index in [9.17, 15) is 0 Å². The first kappa shape index (κ1) is 12.6. The summed E-state index contributed by atoms with van der Waals surface area (Å²) in [6, 6.07) is 6.36. The van der Waals surface area contributed by atoms with Gasteiger partial charge < -0.3 is 10.1 Å². The molecule has 1 aliphatic rings. The summed E-state index contributed by atoms with van der Waals surface area (Å²) in [4.78, 5) is 4.71. The first-order valence-corrected chi connectivity index (χ1v) is 7.36. The molecule has 1 heterocycles. The summed E-state index contributed by atoms with van der Waals surface area (Å²) in [6.45, 7) is 2.05.